The second-order valence-corrected chi connectivity index (χ2v) is 11.0. The Bertz CT molecular complexity index is 1080. The van der Waals surface area contributed by atoms with E-state index in [1.807, 2.05) is 24.3 Å². The van der Waals surface area contributed by atoms with Crippen LogP contribution in [0.1, 0.15) is 44.2 Å². The first-order valence-corrected chi connectivity index (χ1v) is 13.5. The van der Waals surface area contributed by atoms with E-state index in [-0.39, 0.29) is 5.91 Å². The number of nitrogens with one attached hydrogen (secondary N) is 1. The van der Waals surface area contributed by atoms with Gasteiger partial charge in [0.05, 0.1) is 17.7 Å². The molecule has 1 aromatic carbocycles. The van der Waals surface area contributed by atoms with E-state index in [0.717, 1.165) is 39.0 Å². The van der Waals surface area contributed by atoms with Crippen molar-refractivity contribution in [3.63, 3.8) is 0 Å². The van der Waals surface area contributed by atoms with Crippen molar-refractivity contribution in [1.29, 1.82) is 0 Å². The molecule has 2 bridgehead atoms. The third kappa shape index (κ3) is 4.82. The Kier molecular flexibility index (Phi) is 6.74. The van der Waals surface area contributed by atoms with E-state index in [2.05, 4.69) is 44.5 Å². The lowest BCUT2D eigenvalue weighted by Crippen LogP contribution is -2.25. The number of ether oxygens (including phenoxy) is 1. The number of rotatable bonds is 9. The molecular formula is C25H30N4O2S2. The summed E-state index contributed by atoms with van der Waals surface area (Å²) in [6.07, 6.45) is 5.43. The summed E-state index contributed by atoms with van der Waals surface area (Å²) in [5.41, 5.74) is 1.04. The lowest BCUT2D eigenvalue weighted by Gasteiger charge is -2.30. The number of carbonyl (C=O) groups is 1. The minimum absolute atomic E-state index is 0.00406. The molecule has 0 spiro atoms. The minimum atomic E-state index is -0.00406. The van der Waals surface area contributed by atoms with Crippen molar-refractivity contribution in [2.24, 2.45) is 17.8 Å². The van der Waals surface area contributed by atoms with E-state index < -0.39 is 0 Å². The third-order valence-electron chi connectivity index (χ3n) is 7.21. The number of aromatic nitrogens is 3. The molecule has 2 aliphatic carbocycles. The maximum atomic E-state index is 12.6. The van der Waals surface area contributed by atoms with E-state index in [4.69, 9.17) is 4.74 Å². The molecule has 1 amide bonds. The van der Waals surface area contributed by atoms with Gasteiger partial charge in [-0.05, 0) is 73.1 Å². The molecule has 2 fully saturated rings. The quantitative estimate of drug-likeness (QED) is 0.412. The summed E-state index contributed by atoms with van der Waals surface area (Å²) in [5.74, 6) is 4.44. The highest BCUT2D eigenvalue weighted by molar-refractivity contribution is 7.99. The number of nitrogens with zero attached hydrogens (tertiary/aromatic N) is 3. The smallest absolute Gasteiger partial charge is 0.230 e. The summed E-state index contributed by atoms with van der Waals surface area (Å²) in [7, 11) is 1.65. The Morgan fingerprint density at radius 1 is 1.24 bits per heavy atom. The fourth-order valence-corrected chi connectivity index (χ4v) is 7.08. The van der Waals surface area contributed by atoms with Gasteiger partial charge in [0.15, 0.2) is 11.0 Å². The van der Waals surface area contributed by atoms with Gasteiger partial charge in [0, 0.05) is 12.6 Å². The van der Waals surface area contributed by atoms with E-state index in [0.29, 0.717) is 24.3 Å². The van der Waals surface area contributed by atoms with Crippen LogP contribution in [0.25, 0.3) is 10.7 Å². The number of carbonyl (C=O) groups excluding carboxylic acids is 1. The first-order valence-electron chi connectivity index (χ1n) is 11.6. The SMILES string of the molecule is COc1ccc(CNC(=O)CSc2nnc(-c3cccs3)n2C(C)C2CC3CCC2C3)cc1. The molecule has 174 valence electrons. The number of hydrogen-bond donors (Lipinski definition) is 1. The minimum Gasteiger partial charge on any atom is -0.497 e. The number of thiophene rings is 1. The molecule has 0 aliphatic heterocycles. The van der Waals surface area contributed by atoms with Gasteiger partial charge < -0.3 is 10.1 Å². The molecule has 5 rings (SSSR count). The van der Waals surface area contributed by atoms with Crippen molar-refractivity contribution >= 4 is 29.0 Å². The molecule has 2 aliphatic rings. The predicted molar refractivity (Wildman–Crippen MR) is 133 cm³/mol. The van der Waals surface area contributed by atoms with Crippen LogP contribution in [0.3, 0.4) is 0 Å². The van der Waals surface area contributed by atoms with Gasteiger partial charge >= 0.3 is 0 Å². The van der Waals surface area contributed by atoms with Gasteiger partial charge in [0.25, 0.3) is 0 Å². The highest BCUT2D eigenvalue weighted by Gasteiger charge is 2.43. The fourth-order valence-electron chi connectivity index (χ4n) is 5.52. The standard InChI is InChI=1S/C25H30N4O2S2/c1-16(21-13-18-5-8-19(21)12-18)29-24(22-4-3-11-32-22)27-28-25(29)33-15-23(30)26-14-17-6-9-20(31-2)10-7-17/h3-4,6-7,9-11,16,18-19,21H,5,8,12-15H2,1-2H3,(H,26,30). The number of hydrogen-bond acceptors (Lipinski definition) is 6. The van der Waals surface area contributed by atoms with Crippen molar-refractivity contribution < 1.29 is 9.53 Å². The topological polar surface area (TPSA) is 69.0 Å². The first kappa shape index (κ1) is 22.5. The Labute approximate surface area is 203 Å². The van der Waals surface area contributed by atoms with Gasteiger partial charge in [-0.3, -0.25) is 9.36 Å². The lowest BCUT2D eigenvalue weighted by molar-refractivity contribution is -0.118. The fraction of sp³-hybridized carbons (Fsp3) is 0.480. The van der Waals surface area contributed by atoms with Crippen LogP contribution < -0.4 is 10.1 Å². The van der Waals surface area contributed by atoms with E-state index in [1.54, 1.807) is 18.4 Å². The van der Waals surface area contributed by atoms with Gasteiger partial charge in [-0.25, -0.2) is 0 Å². The second kappa shape index (κ2) is 9.89. The number of methoxy groups -OCH3 is 1. The van der Waals surface area contributed by atoms with Crippen LogP contribution in [-0.2, 0) is 11.3 Å². The normalized spacial score (nSPS) is 22.4. The molecule has 6 nitrogen and oxygen atoms in total. The zero-order valence-electron chi connectivity index (χ0n) is 19.1. The Morgan fingerprint density at radius 3 is 2.76 bits per heavy atom. The molecule has 0 radical (unpaired) electrons. The van der Waals surface area contributed by atoms with E-state index in [9.17, 15) is 4.79 Å². The van der Waals surface area contributed by atoms with Crippen molar-refractivity contribution in [3.05, 3.63) is 47.3 Å². The van der Waals surface area contributed by atoms with E-state index in [1.165, 1.54) is 37.4 Å². The number of amides is 1. The summed E-state index contributed by atoms with van der Waals surface area (Å²) < 4.78 is 7.49. The maximum Gasteiger partial charge on any atom is 0.230 e. The number of fused-ring (bicyclic) bond motifs is 2. The summed E-state index contributed by atoms with van der Waals surface area (Å²) >= 11 is 3.17. The molecule has 4 unspecified atom stereocenters. The Morgan fingerprint density at radius 2 is 2.09 bits per heavy atom. The van der Waals surface area contributed by atoms with Crippen molar-refractivity contribution in [1.82, 2.24) is 20.1 Å². The summed E-state index contributed by atoms with van der Waals surface area (Å²) in [6.45, 7) is 2.82. The molecular weight excluding hydrogens is 452 g/mol. The number of thioether (sulfide) groups is 1. The summed E-state index contributed by atoms with van der Waals surface area (Å²) in [6, 6.07) is 12.2. The third-order valence-corrected chi connectivity index (χ3v) is 9.02. The van der Waals surface area contributed by atoms with Crippen LogP contribution in [0, 0.1) is 17.8 Å². The average Bonchev–Trinajstić information content (AvgIpc) is 3.65. The molecule has 33 heavy (non-hydrogen) atoms. The lowest BCUT2D eigenvalue weighted by atomic mass is 9.84. The highest BCUT2D eigenvalue weighted by atomic mass is 32.2. The summed E-state index contributed by atoms with van der Waals surface area (Å²) in [4.78, 5) is 13.7. The Hall–Kier alpha value is -2.32. The first-order chi connectivity index (χ1) is 16.1. The monoisotopic (exact) mass is 482 g/mol. The van der Waals surface area contributed by atoms with Crippen molar-refractivity contribution in [3.8, 4) is 16.5 Å². The van der Waals surface area contributed by atoms with Gasteiger partial charge in [-0.1, -0.05) is 36.4 Å². The second-order valence-electron chi connectivity index (χ2n) is 9.15. The van der Waals surface area contributed by atoms with Crippen LogP contribution in [0.15, 0.2) is 46.9 Å². The molecule has 4 atom stereocenters. The van der Waals surface area contributed by atoms with Crippen LogP contribution in [0.4, 0.5) is 0 Å². The Balaban J connectivity index is 1.27. The van der Waals surface area contributed by atoms with Gasteiger partial charge in [-0.15, -0.1) is 21.5 Å². The van der Waals surface area contributed by atoms with Gasteiger partial charge in [0.1, 0.15) is 5.75 Å². The van der Waals surface area contributed by atoms with Gasteiger partial charge in [0.2, 0.25) is 5.91 Å². The van der Waals surface area contributed by atoms with Crippen LogP contribution in [0.2, 0.25) is 0 Å². The predicted octanol–water partition coefficient (Wildman–Crippen LogP) is 5.42. The maximum absolute atomic E-state index is 12.6. The highest BCUT2D eigenvalue weighted by Crippen LogP contribution is 2.53. The van der Waals surface area contributed by atoms with Gasteiger partial charge in [-0.2, -0.15) is 0 Å². The van der Waals surface area contributed by atoms with Crippen LogP contribution in [0.5, 0.6) is 5.75 Å². The van der Waals surface area contributed by atoms with E-state index >= 15 is 0 Å². The number of benzene rings is 1. The molecule has 3 aromatic rings. The zero-order valence-corrected chi connectivity index (χ0v) is 20.7. The summed E-state index contributed by atoms with van der Waals surface area (Å²) in [5, 5.41) is 15.0. The molecule has 2 heterocycles. The molecule has 1 N–H and O–H groups in total. The van der Waals surface area contributed by atoms with Crippen molar-refractivity contribution in [2.45, 2.75) is 50.4 Å². The molecule has 0 saturated heterocycles. The van der Waals surface area contributed by atoms with Crippen LogP contribution in [-0.4, -0.2) is 33.5 Å². The molecule has 2 aromatic heterocycles. The molecule has 2 saturated carbocycles. The van der Waals surface area contributed by atoms with Crippen LogP contribution >= 0.6 is 23.1 Å². The largest absolute Gasteiger partial charge is 0.497 e. The zero-order chi connectivity index (χ0) is 22.8. The van der Waals surface area contributed by atoms with Crippen molar-refractivity contribution in [2.75, 3.05) is 12.9 Å². The molecule has 8 heteroatoms. The average molecular weight is 483 g/mol.